The number of alkyl halides is 3. The molecule has 0 radical (unpaired) electrons. The molecule has 202 valence electrons. The Bertz CT molecular complexity index is 1450. The van der Waals surface area contributed by atoms with Crippen LogP contribution >= 0.6 is 0 Å². The van der Waals surface area contributed by atoms with Gasteiger partial charge >= 0.3 is 6.18 Å². The molecule has 4 aromatic carbocycles. The van der Waals surface area contributed by atoms with E-state index in [0.717, 1.165) is 29.3 Å². The van der Waals surface area contributed by atoms with Gasteiger partial charge in [-0.3, -0.25) is 9.52 Å². The SMILES string of the molecule is O=C(COc1ccc(S(=O)(=O)Nc2cccc(C(F)(F)F)c2)cc1)N(Cc1ccccc1)Cc1ccccc1. The molecule has 0 aromatic heterocycles. The number of carbonyl (C=O) groups is 1. The van der Waals surface area contributed by atoms with E-state index in [2.05, 4.69) is 4.72 Å². The number of sulfonamides is 1. The molecule has 0 aliphatic rings. The van der Waals surface area contributed by atoms with Gasteiger partial charge in [0, 0.05) is 18.8 Å². The number of hydrogen-bond donors (Lipinski definition) is 1. The van der Waals surface area contributed by atoms with E-state index in [-0.39, 0.29) is 28.8 Å². The molecule has 6 nitrogen and oxygen atoms in total. The monoisotopic (exact) mass is 554 g/mol. The Morgan fingerprint density at radius 1 is 0.769 bits per heavy atom. The van der Waals surface area contributed by atoms with Crippen LogP contribution in [0.3, 0.4) is 0 Å². The first kappa shape index (κ1) is 27.7. The Morgan fingerprint density at radius 2 is 1.33 bits per heavy atom. The fraction of sp³-hybridized carbons (Fsp3) is 0.138. The van der Waals surface area contributed by atoms with Gasteiger partial charge in [0.1, 0.15) is 5.75 Å². The van der Waals surface area contributed by atoms with Crippen molar-refractivity contribution in [3.63, 3.8) is 0 Å². The standard InChI is InChI=1S/C29H25F3N2O4S/c30-29(31,32)24-12-7-13-25(18-24)33-39(36,37)27-16-14-26(15-17-27)38-21-28(35)34(19-22-8-3-1-4-9-22)20-23-10-5-2-6-11-23/h1-18,33H,19-21H2. The summed E-state index contributed by atoms with van der Waals surface area (Å²) in [5, 5.41) is 0. The first-order valence-corrected chi connectivity index (χ1v) is 13.4. The first-order chi connectivity index (χ1) is 18.6. The third-order valence-electron chi connectivity index (χ3n) is 5.72. The third-order valence-corrected chi connectivity index (χ3v) is 7.12. The van der Waals surface area contributed by atoms with Crippen molar-refractivity contribution >= 4 is 21.6 Å². The number of amides is 1. The average Bonchev–Trinajstić information content (AvgIpc) is 2.92. The van der Waals surface area contributed by atoms with E-state index in [1.54, 1.807) is 4.90 Å². The molecule has 0 heterocycles. The van der Waals surface area contributed by atoms with Crippen LogP contribution in [0.15, 0.2) is 114 Å². The summed E-state index contributed by atoms with van der Waals surface area (Å²) < 4.78 is 72.0. The number of nitrogens with zero attached hydrogens (tertiary/aromatic N) is 1. The van der Waals surface area contributed by atoms with E-state index in [0.29, 0.717) is 13.1 Å². The summed E-state index contributed by atoms with van der Waals surface area (Å²) in [5.41, 5.74) is 0.742. The van der Waals surface area contributed by atoms with Gasteiger partial charge in [0.2, 0.25) is 0 Å². The fourth-order valence-electron chi connectivity index (χ4n) is 3.76. The maximum Gasteiger partial charge on any atom is 0.416 e. The zero-order chi connectivity index (χ0) is 27.9. The quantitative estimate of drug-likeness (QED) is 0.257. The maximum absolute atomic E-state index is 13.1. The molecule has 1 amide bonds. The highest BCUT2D eigenvalue weighted by Gasteiger charge is 2.30. The third kappa shape index (κ3) is 7.84. The number of hydrogen-bond acceptors (Lipinski definition) is 4. The first-order valence-electron chi connectivity index (χ1n) is 11.9. The summed E-state index contributed by atoms with van der Waals surface area (Å²) >= 11 is 0. The van der Waals surface area contributed by atoms with Gasteiger partial charge in [-0.2, -0.15) is 13.2 Å². The van der Waals surface area contributed by atoms with Crippen molar-refractivity contribution in [3.05, 3.63) is 126 Å². The molecule has 0 fully saturated rings. The lowest BCUT2D eigenvalue weighted by Gasteiger charge is -2.23. The maximum atomic E-state index is 13.1. The van der Waals surface area contributed by atoms with Gasteiger partial charge in [-0.15, -0.1) is 0 Å². The molecule has 0 saturated heterocycles. The lowest BCUT2D eigenvalue weighted by molar-refractivity contribution is -0.137. The molecule has 0 unspecified atom stereocenters. The molecule has 39 heavy (non-hydrogen) atoms. The van der Waals surface area contributed by atoms with Crippen LogP contribution in [0.25, 0.3) is 0 Å². The molecule has 0 saturated carbocycles. The molecule has 1 N–H and O–H groups in total. The van der Waals surface area contributed by atoms with Crippen LogP contribution in [0, 0.1) is 0 Å². The molecular formula is C29H25F3N2O4S. The van der Waals surface area contributed by atoms with Crippen molar-refractivity contribution in [2.75, 3.05) is 11.3 Å². The van der Waals surface area contributed by atoms with Gasteiger partial charge in [-0.25, -0.2) is 8.42 Å². The van der Waals surface area contributed by atoms with E-state index in [9.17, 15) is 26.4 Å². The summed E-state index contributed by atoms with van der Waals surface area (Å²) in [4.78, 5) is 14.6. The Labute approximate surface area is 224 Å². The number of carbonyl (C=O) groups excluding carboxylic acids is 1. The molecule has 0 aliphatic carbocycles. The highest BCUT2D eigenvalue weighted by molar-refractivity contribution is 7.92. The van der Waals surface area contributed by atoms with Gasteiger partial charge in [0.05, 0.1) is 10.5 Å². The highest BCUT2D eigenvalue weighted by Crippen LogP contribution is 2.31. The zero-order valence-electron chi connectivity index (χ0n) is 20.6. The van der Waals surface area contributed by atoms with E-state index < -0.39 is 21.8 Å². The van der Waals surface area contributed by atoms with E-state index in [1.807, 2.05) is 60.7 Å². The summed E-state index contributed by atoms with van der Waals surface area (Å²) in [6, 6.07) is 28.3. The van der Waals surface area contributed by atoms with Crippen molar-refractivity contribution in [2.45, 2.75) is 24.2 Å². The normalized spacial score (nSPS) is 11.6. The van der Waals surface area contributed by atoms with Crippen molar-refractivity contribution in [1.29, 1.82) is 0 Å². The smallest absolute Gasteiger partial charge is 0.416 e. The minimum Gasteiger partial charge on any atom is -0.484 e. The molecule has 0 bridgehead atoms. The van der Waals surface area contributed by atoms with Gasteiger partial charge < -0.3 is 9.64 Å². The van der Waals surface area contributed by atoms with Crippen molar-refractivity contribution in [3.8, 4) is 5.75 Å². The number of anilines is 1. The summed E-state index contributed by atoms with van der Waals surface area (Å²) in [6.07, 6.45) is -4.60. The van der Waals surface area contributed by atoms with Crippen molar-refractivity contribution in [2.24, 2.45) is 0 Å². The molecule has 0 atom stereocenters. The second-order valence-electron chi connectivity index (χ2n) is 8.67. The lowest BCUT2D eigenvalue weighted by atomic mass is 10.1. The number of nitrogens with one attached hydrogen (secondary N) is 1. The van der Waals surface area contributed by atoms with E-state index in [1.165, 1.54) is 30.3 Å². The van der Waals surface area contributed by atoms with Crippen LogP contribution < -0.4 is 9.46 Å². The Hall–Kier alpha value is -4.31. The van der Waals surface area contributed by atoms with Gasteiger partial charge in [-0.05, 0) is 53.6 Å². The van der Waals surface area contributed by atoms with Gasteiger partial charge in [0.25, 0.3) is 15.9 Å². The predicted octanol–water partition coefficient (Wildman–Crippen LogP) is 6.11. The highest BCUT2D eigenvalue weighted by atomic mass is 32.2. The second kappa shape index (κ2) is 12.0. The minimum absolute atomic E-state index is 0.173. The van der Waals surface area contributed by atoms with Crippen LogP contribution in [0.2, 0.25) is 0 Å². The molecule has 10 heteroatoms. The summed E-state index contributed by atoms with van der Waals surface area (Å²) in [5.74, 6) is 0.00589. The van der Waals surface area contributed by atoms with Gasteiger partial charge in [0.15, 0.2) is 6.61 Å². The predicted molar refractivity (Wildman–Crippen MR) is 141 cm³/mol. The lowest BCUT2D eigenvalue weighted by Crippen LogP contribution is -2.34. The number of halogens is 3. The number of benzene rings is 4. The Balaban J connectivity index is 1.41. The molecule has 0 spiro atoms. The van der Waals surface area contributed by atoms with Crippen LogP contribution in [0.4, 0.5) is 18.9 Å². The zero-order valence-corrected chi connectivity index (χ0v) is 21.5. The fourth-order valence-corrected chi connectivity index (χ4v) is 4.81. The molecule has 4 rings (SSSR count). The largest absolute Gasteiger partial charge is 0.484 e. The van der Waals surface area contributed by atoms with Crippen LogP contribution in [0.5, 0.6) is 5.75 Å². The Kier molecular flexibility index (Phi) is 8.55. The van der Waals surface area contributed by atoms with Gasteiger partial charge in [-0.1, -0.05) is 66.7 Å². The summed E-state index contributed by atoms with van der Waals surface area (Å²) in [7, 11) is -4.15. The summed E-state index contributed by atoms with van der Waals surface area (Å²) in [6.45, 7) is 0.501. The topological polar surface area (TPSA) is 75.7 Å². The van der Waals surface area contributed by atoms with Crippen molar-refractivity contribution in [1.82, 2.24) is 4.90 Å². The molecule has 4 aromatic rings. The number of ether oxygens (including phenoxy) is 1. The van der Waals surface area contributed by atoms with Crippen molar-refractivity contribution < 1.29 is 31.1 Å². The second-order valence-corrected chi connectivity index (χ2v) is 10.3. The number of rotatable bonds is 10. The average molecular weight is 555 g/mol. The minimum atomic E-state index is -4.60. The van der Waals surface area contributed by atoms with Crippen LogP contribution in [-0.4, -0.2) is 25.8 Å². The van der Waals surface area contributed by atoms with E-state index >= 15 is 0 Å². The molecular weight excluding hydrogens is 529 g/mol. The molecule has 0 aliphatic heterocycles. The van der Waals surface area contributed by atoms with Crippen LogP contribution in [-0.2, 0) is 34.1 Å². The Morgan fingerprint density at radius 3 is 1.87 bits per heavy atom. The van der Waals surface area contributed by atoms with E-state index in [4.69, 9.17) is 4.74 Å². The van der Waals surface area contributed by atoms with Crippen LogP contribution in [0.1, 0.15) is 16.7 Å².